The maximum absolute atomic E-state index is 12.1. The molecule has 1 fully saturated rings. The Labute approximate surface area is 123 Å². The van der Waals surface area contributed by atoms with Gasteiger partial charge in [0.15, 0.2) is 0 Å². The van der Waals surface area contributed by atoms with Crippen molar-refractivity contribution in [1.82, 2.24) is 10.2 Å². The molecule has 1 atom stereocenters. The van der Waals surface area contributed by atoms with Crippen LogP contribution in [-0.4, -0.2) is 43.0 Å². The summed E-state index contributed by atoms with van der Waals surface area (Å²) < 4.78 is 40.2. The average Bonchev–Trinajstić information content (AvgIpc) is 2.40. The average molecular weight is 302 g/mol. The molecule has 1 aliphatic rings. The zero-order valence-electron chi connectivity index (χ0n) is 12.3. The van der Waals surface area contributed by atoms with Crippen LogP contribution in [0.4, 0.5) is 13.2 Å². The lowest BCUT2D eigenvalue weighted by Gasteiger charge is -2.46. The van der Waals surface area contributed by atoms with Crippen molar-refractivity contribution in [3.8, 4) is 0 Å². The number of hydrogen-bond acceptors (Lipinski definition) is 3. The van der Waals surface area contributed by atoms with Gasteiger partial charge in [-0.1, -0.05) is 30.3 Å². The van der Waals surface area contributed by atoms with Crippen molar-refractivity contribution in [3.05, 3.63) is 35.9 Å². The molecule has 1 N–H and O–H groups in total. The largest absolute Gasteiger partial charge is 0.522 e. The van der Waals surface area contributed by atoms with Crippen molar-refractivity contribution in [2.45, 2.75) is 31.8 Å². The van der Waals surface area contributed by atoms with Crippen LogP contribution in [0.5, 0.6) is 0 Å². The summed E-state index contributed by atoms with van der Waals surface area (Å²) in [5.74, 6) is 0. The number of halogens is 3. The van der Waals surface area contributed by atoms with E-state index in [0.717, 1.165) is 12.1 Å². The Balaban J connectivity index is 1.97. The SMILES string of the molecule is CC1(C)CNC(c2ccccc2)CN1CCOC(F)(F)F. The molecule has 2 rings (SSSR count). The summed E-state index contributed by atoms with van der Waals surface area (Å²) in [5, 5.41) is 3.46. The predicted octanol–water partition coefficient (Wildman–Crippen LogP) is 2.95. The minimum absolute atomic E-state index is 0.130. The smallest absolute Gasteiger partial charge is 0.307 e. The number of nitrogens with one attached hydrogen (secondary N) is 1. The van der Waals surface area contributed by atoms with Crippen molar-refractivity contribution in [2.24, 2.45) is 0 Å². The molecule has 0 amide bonds. The fourth-order valence-electron chi connectivity index (χ4n) is 2.59. The van der Waals surface area contributed by atoms with Crippen molar-refractivity contribution < 1.29 is 17.9 Å². The van der Waals surface area contributed by atoms with Gasteiger partial charge in [0.2, 0.25) is 0 Å². The van der Waals surface area contributed by atoms with E-state index in [4.69, 9.17) is 0 Å². The van der Waals surface area contributed by atoms with Crippen LogP contribution < -0.4 is 5.32 Å². The molecular weight excluding hydrogens is 281 g/mol. The quantitative estimate of drug-likeness (QED) is 0.925. The molecule has 1 saturated heterocycles. The number of benzene rings is 1. The minimum Gasteiger partial charge on any atom is -0.307 e. The Morgan fingerprint density at radius 2 is 1.95 bits per heavy atom. The first-order chi connectivity index (χ1) is 9.78. The first-order valence-corrected chi connectivity index (χ1v) is 7.02. The summed E-state index contributed by atoms with van der Waals surface area (Å²) in [6, 6.07) is 10.1. The maximum atomic E-state index is 12.1. The molecule has 1 aromatic carbocycles. The number of rotatable bonds is 4. The zero-order chi connectivity index (χ0) is 15.5. The van der Waals surface area contributed by atoms with Gasteiger partial charge in [-0.05, 0) is 19.4 Å². The molecule has 3 nitrogen and oxygen atoms in total. The van der Waals surface area contributed by atoms with Crippen LogP contribution in [0.15, 0.2) is 30.3 Å². The van der Waals surface area contributed by atoms with E-state index in [9.17, 15) is 13.2 Å². The van der Waals surface area contributed by atoms with Gasteiger partial charge in [0.1, 0.15) is 0 Å². The molecule has 0 radical (unpaired) electrons. The summed E-state index contributed by atoms with van der Waals surface area (Å²) in [6.45, 7) is 5.35. The third-order valence-electron chi connectivity index (χ3n) is 3.87. The molecule has 21 heavy (non-hydrogen) atoms. The van der Waals surface area contributed by atoms with Crippen LogP contribution in [0.3, 0.4) is 0 Å². The fourth-order valence-corrected chi connectivity index (χ4v) is 2.59. The van der Waals surface area contributed by atoms with E-state index in [1.165, 1.54) is 0 Å². The standard InChI is InChI=1S/C15H21F3N2O/c1-14(2)11-19-13(12-6-4-3-5-7-12)10-20(14)8-9-21-15(16,17)18/h3-7,13,19H,8-11H2,1-2H3. The lowest BCUT2D eigenvalue weighted by atomic mass is 9.94. The van der Waals surface area contributed by atoms with Gasteiger partial charge in [0.25, 0.3) is 0 Å². The van der Waals surface area contributed by atoms with Gasteiger partial charge in [0.05, 0.1) is 6.61 Å². The van der Waals surface area contributed by atoms with Crippen LogP contribution in [0.1, 0.15) is 25.5 Å². The topological polar surface area (TPSA) is 24.5 Å². The van der Waals surface area contributed by atoms with E-state index in [1.807, 2.05) is 49.1 Å². The summed E-state index contributed by atoms with van der Waals surface area (Å²) in [5.41, 5.74) is 0.954. The Bertz CT molecular complexity index is 448. The molecule has 1 aromatic rings. The highest BCUT2D eigenvalue weighted by atomic mass is 19.4. The van der Waals surface area contributed by atoms with Crippen LogP contribution in [-0.2, 0) is 4.74 Å². The second-order valence-electron chi connectivity index (χ2n) is 5.90. The Morgan fingerprint density at radius 3 is 2.57 bits per heavy atom. The molecule has 0 saturated carbocycles. The summed E-state index contributed by atoms with van der Waals surface area (Å²) in [4.78, 5) is 2.05. The molecule has 0 aliphatic carbocycles. The maximum Gasteiger partial charge on any atom is 0.522 e. The Hall–Kier alpha value is -1.11. The van der Waals surface area contributed by atoms with Gasteiger partial charge in [0, 0.05) is 31.2 Å². The van der Waals surface area contributed by atoms with Crippen LogP contribution in [0, 0.1) is 0 Å². The predicted molar refractivity (Wildman–Crippen MR) is 74.8 cm³/mol. The first-order valence-electron chi connectivity index (χ1n) is 7.02. The monoisotopic (exact) mass is 302 g/mol. The highest BCUT2D eigenvalue weighted by Crippen LogP contribution is 2.26. The van der Waals surface area contributed by atoms with Crippen molar-refractivity contribution in [2.75, 3.05) is 26.2 Å². The van der Waals surface area contributed by atoms with E-state index in [2.05, 4.69) is 10.1 Å². The van der Waals surface area contributed by atoms with Gasteiger partial charge >= 0.3 is 6.36 Å². The molecule has 0 aromatic heterocycles. The van der Waals surface area contributed by atoms with Crippen LogP contribution in [0.25, 0.3) is 0 Å². The molecule has 1 aliphatic heterocycles. The number of nitrogens with zero attached hydrogens (tertiary/aromatic N) is 1. The van der Waals surface area contributed by atoms with Crippen molar-refractivity contribution >= 4 is 0 Å². The second-order valence-corrected chi connectivity index (χ2v) is 5.90. The van der Waals surface area contributed by atoms with E-state index in [-0.39, 0.29) is 24.7 Å². The van der Waals surface area contributed by atoms with Crippen molar-refractivity contribution in [1.29, 1.82) is 0 Å². The van der Waals surface area contributed by atoms with Gasteiger partial charge in [-0.25, -0.2) is 0 Å². The van der Waals surface area contributed by atoms with Gasteiger partial charge in [-0.3, -0.25) is 9.64 Å². The van der Waals surface area contributed by atoms with Crippen molar-refractivity contribution in [3.63, 3.8) is 0 Å². The number of ether oxygens (including phenoxy) is 1. The fraction of sp³-hybridized carbons (Fsp3) is 0.600. The Kier molecular flexibility index (Phi) is 4.91. The zero-order valence-corrected chi connectivity index (χ0v) is 12.3. The van der Waals surface area contributed by atoms with E-state index < -0.39 is 6.36 Å². The minimum atomic E-state index is -4.56. The summed E-state index contributed by atoms with van der Waals surface area (Å²) in [6.07, 6.45) is -4.56. The van der Waals surface area contributed by atoms with Gasteiger partial charge < -0.3 is 5.32 Å². The molecule has 0 spiro atoms. The Morgan fingerprint density at radius 1 is 1.29 bits per heavy atom. The number of alkyl halides is 3. The van der Waals surface area contributed by atoms with Gasteiger partial charge in [-0.2, -0.15) is 0 Å². The third-order valence-corrected chi connectivity index (χ3v) is 3.87. The second kappa shape index (κ2) is 6.34. The molecule has 6 heteroatoms. The van der Waals surface area contributed by atoms with E-state index in [1.54, 1.807) is 0 Å². The first kappa shape index (κ1) is 16.3. The molecule has 1 heterocycles. The lowest BCUT2D eigenvalue weighted by Crippen LogP contribution is -2.59. The highest BCUT2D eigenvalue weighted by molar-refractivity contribution is 5.20. The van der Waals surface area contributed by atoms with E-state index >= 15 is 0 Å². The van der Waals surface area contributed by atoms with Crippen LogP contribution in [0.2, 0.25) is 0 Å². The third kappa shape index (κ3) is 4.69. The molecular formula is C15H21F3N2O. The molecule has 1 unspecified atom stereocenters. The number of hydrogen-bond donors (Lipinski definition) is 1. The lowest BCUT2D eigenvalue weighted by molar-refractivity contribution is -0.325. The molecule has 118 valence electrons. The molecule has 0 bridgehead atoms. The van der Waals surface area contributed by atoms with Gasteiger partial charge in [-0.15, -0.1) is 13.2 Å². The normalized spacial score (nSPS) is 23.2. The summed E-state index contributed by atoms with van der Waals surface area (Å²) in [7, 11) is 0. The van der Waals surface area contributed by atoms with Crippen LogP contribution >= 0.6 is 0 Å². The number of piperazine rings is 1. The summed E-state index contributed by atoms with van der Waals surface area (Å²) >= 11 is 0. The van der Waals surface area contributed by atoms with E-state index in [0.29, 0.717) is 6.54 Å². The highest BCUT2D eigenvalue weighted by Gasteiger charge is 2.35.